The number of likely N-dealkylation sites (tertiary alicyclic amines) is 1. The van der Waals surface area contributed by atoms with Crippen LogP contribution in [-0.4, -0.2) is 49.0 Å². The maximum atomic E-state index is 14.5. The molecule has 1 fully saturated rings. The van der Waals surface area contributed by atoms with Crippen molar-refractivity contribution < 1.29 is 14.3 Å². The van der Waals surface area contributed by atoms with E-state index < -0.39 is 29.1 Å². The van der Waals surface area contributed by atoms with E-state index in [0.717, 1.165) is 11.1 Å². The minimum absolute atomic E-state index is 0.168. The molecule has 0 spiro atoms. The molecule has 4 atom stereocenters. The number of carbonyl (C=O) groups is 2. The van der Waals surface area contributed by atoms with Crippen LogP contribution < -0.4 is 0 Å². The Labute approximate surface area is 233 Å². The number of hydrogen-bond donors (Lipinski definition) is 1. The summed E-state index contributed by atoms with van der Waals surface area (Å²) in [7, 11) is 0. The Balaban J connectivity index is 1.91. The maximum absolute atomic E-state index is 14.5. The highest BCUT2D eigenvalue weighted by atomic mass is 35.5. The van der Waals surface area contributed by atoms with Crippen LogP contribution in [0.4, 0.5) is 0 Å². The van der Waals surface area contributed by atoms with E-state index in [1.54, 1.807) is 17.0 Å². The van der Waals surface area contributed by atoms with Gasteiger partial charge in [-0.2, -0.15) is 5.21 Å². The maximum Gasteiger partial charge on any atom is 0.329 e. The number of hydrogen-bond acceptors (Lipinski definition) is 6. The van der Waals surface area contributed by atoms with Gasteiger partial charge < -0.3 is 9.64 Å². The van der Waals surface area contributed by atoms with Crippen molar-refractivity contribution in [2.45, 2.75) is 77.5 Å². The average molecular weight is 559 g/mol. The molecule has 0 aliphatic carbocycles. The Hall–Kier alpha value is -2.97. The number of carbonyl (C=O) groups excluding carboxylic acids is 2. The van der Waals surface area contributed by atoms with Crippen molar-refractivity contribution in [3.8, 4) is 0 Å². The molecule has 0 bridgehead atoms. The number of ether oxygens (including phenoxy) is 1. The third-order valence-electron chi connectivity index (χ3n) is 6.93. The van der Waals surface area contributed by atoms with E-state index in [-0.39, 0.29) is 18.2 Å². The second-order valence-electron chi connectivity index (χ2n) is 11.1. The van der Waals surface area contributed by atoms with Crippen molar-refractivity contribution in [3.63, 3.8) is 0 Å². The van der Waals surface area contributed by atoms with Crippen LogP contribution >= 0.6 is 23.2 Å². The van der Waals surface area contributed by atoms with Crippen LogP contribution in [0.15, 0.2) is 48.5 Å². The molecule has 10 heteroatoms. The van der Waals surface area contributed by atoms with Crippen LogP contribution in [0.3, 0.4) is 0 Å². The van der Waals surface area contributed by atoms with Gasteiger partial charge in [0.2, 0.25) is 5.91 Å². The van der Waals surface area contributed by atoms with Crippen molar-refractivity contribution in [3.05, 3.63) is 75.5 Å². The van der Waals surface area contributed by atoms with Crippen LogP contribution in [0.25, 0.3) is 0 Å². The number of rotatable bonds is 7. The zero-order valence-corrected chi connectivity index (χ0v) is 23.8. The Morgan fingerprint density at radius 1 is 1.16 bits per heavy atom. The molecule has 1 aromatic heterocycles. The van der Waals surface area contributed by atoms with Gasteiger partial charge >= 0.3 is 5.97 Å². The van der Waals surface area contributed by atoms with Crippen molar-refractivity contribution in [1.29, 1.82) is 0 Å². The van der Waals surface area contributed by atoms with E-state index in [9.17, 15) is 9.59 Å². The molecule has 4 rings (SSSR count). The van der Waals surface area contributed by atoms with Gasteiger partial charge in [-0.3, -0.25) is 4.79 Å². The van der Waals surface area contributed by atoms with E-state index in [2.05, 4.69) is 20.6 Å². The second kappa shape index (κ2) is 11.0. The molecule has 1 aliphatic rings. The fourth-order valence-corrected chi connectivity index (χ4v) is 5.67. The number of piperidine rings is 1. The van der Waals surface area contributed by atoms with Crippen LogP contribution in [0, 0.1) is 5.41 Å². The number of nitrogens with zero attached hydrogens (tertiary/aromatic N) is 4. The first-order valence-corrected chi connectivity index (χ1v) is 13.5. The first kappa shape index (κ1) is 28.0. The molecule has 202 valence electrons. The summed E-state index contributed by atoms with van der Waals surface area (Å²) in [6.07, 6.45) is 1.12. The Morgan fingerprint density at radius 2 is 1.87 bits per heavy atom. The van der Waals surface area contributed by atoms with E-state index in [1.165, 1.54) is 0 Å². The standard InChI is InChI=1S/C28H33Cl2N5O3/c1-6-22(25(36)38-27(2,3)4)35-24(17-10-12-19(29)13-11-17)21(18-8-7-9-20(30)14-18)15-28(5,26(35)37)16-23-31-33-34-32-23/h7-14,21-22,24H,6,15-16H2,1-5H3,(H,31,32,33,34)/t21-,22+,24-,28-/m1/s1. The van der Waals surface area contributed by atoms with Crippen molar-refractivity contribution >= 4 is 35.1 Å². The lowest BCUT2D eigenvalue weighted by molar-refractivity contribution is -0.173. The minimum atomic E-state index is -0.921. The van der Waals surface area contributed by atoms with Gasteiger partial charge in [0.25, 0.3) is 0 Å². The van der Waals surface area contributed by atoms with Crippen LogP contribution in [0.2, 0.25) is 10.0 Å². The largest absolute Gasteiger partial charge is 0.458 e. The number of aromatic amines is 1. The molecule has 0 unspecified atom stereocenters. The fourth-order valence-electron chi connectivity index (χ4n) is 5.34. The van der Waals surface area contributed by atoms with Gasteiger partial charge in [0.1, 0.15) is 11.6 Å². The van der Waals surface area contributed by atoms with E-state index in [0.29, 0.717) is 28.7 Å². The van der Waals surface area contributed by atoms with Crippen LogP contribution in [0.1, 0.15) is 76.4 Å². The minimum Gasteiger partial charge on any atom is -0.458 e. The molecule has 1 N–H and O–H groups in total. The third-order valence-corrected chi connectivity index (χ3v) is 7.42. The molecule has 0 radical (unpaired) electrons. The van der Waals surface area contributed by atoms with Gasteiger partial charge in [0, 0.05) is 22.4 Å². The van der Waals surface area contributed by atoms with Crippen LogP contribution in [0.5, 0.6) is 0 Å². The number of esters is 1. The smallest absolute Gasteiger partial charge is 0.329 e. The fraction of sp³-hybridized carbons (Fsp3) is 0.464. The number of amides is 1. The molecule has 3 aromatic rings. The molecule has 2 heterocycles. The van der Waals surface area contributed by atoms with Crippen molar-refractivity contribution in [2.75, 3.05) is 0 Å². The molecule has 1 amide bonds. The van der Waals surface area contributed by atoms with Crippen molar-refractivity contribution in [2.24, 2.45) is 5.41 Å². The lowest BCUT2D eigenvalue weighted by Crippen LogP contribution is -2.58. The molecular formula is C28H33Cl2N5O3. The number of halogens is 2. The van der Waals surface area contributed by atoms with E-state index >= 15 is 0 Å². The van der Waals surface area contributed by atoms with Crippen LogP contribution in [-0.2, 0) is 20.7 Å². The topological polar surface area (TPSA) is 101 Å². The molecular weight excluding hydrogens is 525 g/mol. The van der Waals surface area contributed by atoms with E-state index in [4.69, 9.17) is 27.9 Å². The van der Waals surface area contributed by atoms with Crippen molar-refractivity contribution in [1.82, 2.24) is 25.5 Å². The van der Waals surface area contributed by atoms with Gasteiger partial charge in [0.15, 0.2) is 5.82 Å². The number of benzene rings is 2. The molecule has 1 saturated heterocycles. The highest BCUT2D eigenvalue weighted by molar-refractivity contribution is 6.30. The number of H-pyrrole nitrogens is 1. The number of tetrazole rings is 1. The third kappa shape index (κ3) is 6.02. The monoisotopic (exact) mass is 557 g/mol. The van der Waals surface area contributed by atoms with Gasteiger partial charge in [-0.1, -0.05) is 66.5 Å². The number of nitrogens with one attached hydrogen (secondary N) is 1. The Kier molecular flexibility index (Phi) is 8.14. The SMILES string of the molecule is CC[C@@H](C(=O)OC(C)(C)C)N1C(=O)[C@@](C)(Cc2nn[nH]n2)C[C@H](c2cccc(Cl)c2)[C@H]1c1ccc(Cl)cc1. The summed E-state index contributed by atoms with van der Waals surface area (Å²) < 4.78 is 5.82. The molecule has 1 aliphatic heterocycles. The number of aromatic nitrogens is 4. The lowest BCUT2D eigenvalue weighted by Gasteiger charge is -2.51. The summed E-state index contributed by atoms with van der Waals surface area (Å²) in [6.45, 7) is 9.25. The first-order chi connectivity index (χ1) is 17.9. The predicted molar refractivity (Wildman–Crippen MR) is 146 cm³/mol. The molecule has 2 aromatic carbocycles. The first-order valence-electron chi connectivity index (χ1n) is 12.7. The van der Waals surface area contributed by atoms with Gasteiger partial charge in [-0.15, -0.1) is 10.2 Å². The summed E-state index contributed by atoms with van der Waals surface area (Å²) in [4.78, 5) is 29.8. The van der Waals surface area contributed by atoms with E-state index in [1.807, 2.05) is 71.0 Å². The summed E-state index contributed by atoms with van der Waals surface area (Å²) in [6, 6.07) is 13.8. The van der Waals surface area contributed by atoms with Gasteiger partial charge in [0.05, 0.1) is 11.5 Å². The van der Waals surface area contributed by atoms with Gasteiger partial charge in [-0.05, 0) is 69.0 Å². The molecule has 8 nitrogen and oxygen atoms in total. The predicted octanol–water partition coefficient (Wildman–Crippen LogP) is 5.93. The molecule has 0 saturated carbocycles. The quantitative estimate of drug-likeness (QED) is 0.361. The second-order valence-corrected chi connectivity index (χ2v) is 12.0. The average Bonchev–Trinajstić information content (AvgIpc) is 3.34. The highest BCUT2D eigenvalue weighted by Crippen LogP contribution is 2.52. The normalized spacial score (nSPS) is 22.8. The zero-order chi connectivity index (χ0) is 27.7. The zero-order valence-electron chi connectivity index (χ0n) is 22.2. The summed E-state index contributed by atoms with van der Waals surface area (Å²) in [5.74, 6) is -0.374. The lowest BCUT2D eigenvalue weighted by atomic mass is 9.67. The summed E-state index contributed by atoms with van der Waals surface area (Å²) in [5.41, 5.74) is 0.207. The van der Waals surface area contributed by atoms with Gasteiger partial charge in [-0.25, -0.2) is 4.79 Å². The molecule has 38 heavy (non-hydrogen) atoms. The summed E-state index contributed by atoms with van der Waals surface area (Å²) in [5, 5.41) is 15.6. The summed E-state index contributed by atoms with van der Waals surface area (Å²) >= 11 is 12.7. The highest BCUT2D eigenvalue weighted by Gasteiger charge is 2.53. The Bertz CT molecular complexity index is 1280. The Morgan fingerprint density at radius 3 is 2.45 bits per heavy atom.